The van der Waals surface area contributed by atoms with Crippen LogP contribution in [0, 0.1) is 12.3 Å². The number of aliphatic hydroxyl groups excluding tert-OH is 1. The molecule has 0 spiro atoms. The van der Waals surface area contributed by atoms with Crippen LogP contribution in [0.1, 0.15) is 18.1 Å². The largest absolute Gasteiger partial charge is 0.395 e. The lowest BCUT2D eigenvalue weighted by Crippen LogP contribution is -2.32. The maximum Gasteiger partial charge on any atom is 0.243 e. The molecule has 3 rings (SSSR count). The number of benzene rings is 2. The molecule has 1 atom stereocenters. The van der Waals surface area contributed by atoms with Crippen molar-refractivity contribution in [1.82, 2.24) is 4.31 Å². The van der Waals surface area contributed by atoms with Gasteiger partial charge in [-0.25, -0.2) is 8.42 Å². The van der Waals surface area contributed by atoms with Crippen molar-refractivity contribution in [3.63, 3.8) is 0 Å². The van der Waals surface area contributed by atoms with Gasteiger partial charge in [0.15, 0.2) is 0 Å². The molecule has 1 aliphatic heterocycles. The van der Waals surface area contributed by atoms with Crippen LogP contribution in [-0.4, -0.2) is 37.5 Å². The van der Waals surface area contributed by atoms with Crippen molar-refractivity contribution in [1.29, 1.82) is 0 Å². The maximum atomic E-state index is 13.0. The van der Waals surface area contributed by atoms with Gasteiger partial charge in [0, 0.05) is 18.5 Å². The van der Waals surface area contributed by atoms with E-state index in [2.05, 4.69) is 0 Å². The van der Waals surface area contributed by atoms with E-state index in [1.165, 1.54) is 4.31 Å². The van der Waals surface area contributed by atoms with Crippen molar-refractivity contribution >= 4 is 16.1 Å². The molecule has 1 unspecified atom stereocenters. The van der Waals surface area contributed by atoms with Crippen LogP contribution < -0.4 is 0 Å². The second-order valence-electron chi connectivity index (χ2n) is 6.89. The van der Waals surface area contributed by atoms with Crippen LogP contribution in [0.25, 0.3) is 6.08 Å². The fourth-order valence-corrected chi connectivity index (χ4v) is 4.62. The minimum atomic E-state index is -3.58. The highest BCUT2D eigenvalue weighted by Crippen LogP contribution is 2.38. The molecule has 0 aromatic heterocycles. The topological polar surface area (TPSA) is 57.6 Å². The molecule has 1 N–H and O–H groups in total. The Balaban J connectivity index is 1.95. The Bertz CT molecular complexity index is 873. The highest BCUT2D eigenvalue weighted by Gasteiger charge is 2.43. The first kappa shape index (κ1) is 17.9. The van der Waals surface area contributed by atoms with Crippen molar-refractivity contribution in [2.45, 2.75) is 18.7 Å². The van der Waals surface area contributed by atoms with Crippen LogP contribution >= 0.6 is 0 Å². The maximum absolute atomic E-state index is 13.0. The fraction of sp³-hybridized carbons (Fsp3) is 0.300. The summed E-state index contributed by atoms with van der Waals surface area (Å²) in [5.74, 6) is 0. The Morgan fingerprint density at radius 2 is 1.76 bits per heavy atom. The molecule has 0 radical (unpaired) electrons. The summed E-state index contributed by atoms with van der Waals surface area (Å²) in [6.07, 6.45) is 1.99. The predicted molar refractivity (Wildman–Crippen MR) is 99.5 cm³/mol. The zero-order chi connectivity index (χ0) is 18.1. The van der Waals surface area contributed by atoms with Crippen LogP contribution in [0.4, 0.5) is 0 Å². The molecule has 132 valence electrons. The van der Waals surface area contributed by atoms with Crippen molar-refractivity contribution < 1.29 is 13.5 Å². The standard InChI is InChI=1S/C20H23NO3S/c1-16-8-10-19(11-9-16)25(23,24)21-13-18(20(2,14-21)15-22)12-17-6-4-3-5-7-17/h3-12,22H,13-15H2,1-2H3/b18-12-. The number of hydrogen-bond acceptors (Lipinski definition) is 3. The van der Waals surface area contributed by atoms with Gasteiger partial charge >= 0.3 is 0 Å². The van der Waals surface area contributed by atoms with Gasteiger partial charge in [0.05, 0.1) is 11.5 Å². The summed E-state index contributed by atoms with van der Waals surface area (Å²) in [5.41, 5.74) is 2.38. The van der Waals surface area contributed by atoms with Gasteiger partial charge in [-0.1, -0.05) is 61.0 Å². The molecule has 1 aliphatic rings. The molecule has 5 heteroatoms. The summed E-state index contributed by atoms with van der Waals surface area (Å²) in [6, 6.07) is 16.7. The quantitative estimate of drug-likeness (QED) is 0.915. The third kappa shape index (κ3) is 3.54. The highest BCUT2D eigenvalue weighted by atomic mass is 32.2. The van der Waals surface area contributed by atoms with E-state index in [9.17, 15) is 13.5 Å². The van der Waals surface area contributed by atoms with Crippen LogP contribution in [0.5, 0.6) is 0 Å². The summed E-state index contributed by atoms with van der Waals surface area (Å²) in [7, 11) is -3.58. The van der Waals surface area contributed by atoms with Gasteiger partial charge in [-0.15, -0.1) is 0 Å². The van der Waals surface area contributed by atoms with Crippen LogP contribution in [0.3, 0.4) is 0 Å². The first-order valence-corrected chi connectivity index (χ1v) is 9.73. The second kappa shape index (κ2) is 6.75. The van der Waals surface area contributed by atoms with Crippen molar-refractivity contribution in [2.24, 2.45) is 5.41 Å². The molecule has 0 bridgehead atoms. The zero-order valence-corrected chi connectivity index (χ0v) is 15.3. The third-order valence-corrected chi connectivity index (χ3v) is 6.60. The van der Waals surface area contributed by atoms with E-state index in [1.54, 1.807) is 24.3 Å². The number of rotatable bonds is 4. The molecular formula is C20H23NO3S. The number of hydrogen-bond donors (Lipinski definition) is 1. The highest BCUT2D eigenvalue weighted by molar-refractivity contribution is 7.89. The molecule has 0 amide bonds. The normalized spacial score (nSPS) is 23.2. The molecule has 4 nitrogen and oxygen atoms in total. The Morgan fingerprint density at radius 1 is 1.12 bits per heavy atom. The molecule has 1 fully saturated rings. The second-order valence-corrected chi connectivity index (χ2v) is 8.82. The first-order valence-electron chi connectivity index (χ1n) is 8.29. The minimum absolute atomic E-state index is 0.0917. The van der Waals surface area contributed by atoms with E-state index in [0.717, 1.165) is 16.7 Å². The Hall–Kier alpha value is -1.95. The van der Waals surface area contributed by atoms with Gasteiger partial charge in [0.25, 0.3) is 0 Å². The van der Waals surface area contributed by atoms with E-state index in [1.807, 2.05) is 50.3 Å². The number of nitrogens with zero attached hydrogens (tertiary/aromatic N) is 1. The fourth-order valence-electron chi connectivity index (χ4n) is 3.08. The summed E-state index contributed by atoms with van der Waals surface area (Å²) in [4.78, 5) is 0.291. The molecular weight excluding hydrogens is 334 g/mol. The summed E-state index contributed by atoms with van der Waals surface area (Å²) in [5, 5.41) is 9.90. The smallest absolute Gasteiger partial charge is 0.243 e. The SMILES string of the molecule is Cc1ccc(S(=O)(=O)N2C/C(=C/c3ccccc3)C(C)(CO)C2)cc1. The Kier molecular flexibility index (Phi) is 4.82. The molecule has 1 heterocycles. The van der Waals surface area contributed by atoms with Gasteiger partial charge in [0.1, 0.15) is 0 Å². The van der Waals surface area contributed by atoms with E-state index in [-0.39, 0.29) is 13.2 Å². The predicted octanol–water partition coefficient (Wildman–Crippen LogP) is 3.08. The Morgan fingerprint density at radius 3 is 2.36 bits per heavy atom. The van der Waals surface area contributed by atoms with Gasteiger partial charge < -0.3 is 5.11 Å². The van der Waals surface area contributed by atoms with Crippen molar-refractivity contribution in [3.8, 4) is 0 Å². The van der Waals surface area contributed by atoms with E-state index < -0.39 is 15.4 Å². The first-order chi connectivity index (χ1) is 11.8. The molecule has 1 saturated heterocycles. The average Bonchev–Trinajstić information content (AvgIpc) is 2.94. The third-order valence-electron chi connectivity index (χ3n) is 4.80. The van der Waals surface area contributed by atoms with Gasteiger partial charge in [-0.3, -0.25) is 0 Å². The molecule has 0 saturated carbocycles. The lowest BCUT2D eigenvalue weighted by atomic mass is 9.85. The molecule has 2 aromatic carbocycles. The van der Waals surface area contributed by atoms with Crippen LogP contribution in [-0.2, 0) is 10.0 Å². The molecule has 25 heavy (non-hydrogen) atoms. The monoisotopic (exact) mass is 357 g/mol. The van der Waals surface area contributed by atoms with E-state index in [0.29, 0.717) is 11.4 Å². The lowest BCUT2D eigenvalue weighted by Gasteiger charge is -2.23. The van der Waals surface area contributed by atoms with Crippen LogP contribution in [0.15, 0.2) is 65.1 Å². The van der Waals surface area contributed by atoms with Crippen molar-refractivity contribution in [3.05, 3.63) is 71.3 Å². The molecule has 0 aliphatic carbocycles. The average molecular weight is 357 g/mol. The van der Waals surface area contributed by atoms with Crippen LogP contribution in [0.2, 0.25) is 0 Å². The number of aryl methyl sites for hydroxylation is 1. The summed E-state index contributed by atoms with van der Waals surface area (Å²) in [6.45, 7) is 4.31. The number of aliphatic hydroxyl groups is 1. The van der Waals surface area contributed by atoms with Gasteiger partial charge in [-0.2, -0.15) is 4.31 Å². The minimum Gasteiger partial charge on any atom is -0.395 e. The summed E-state index contributed by atoms with van der Waals surface area (Å²) >= 11 is 0. The van der Waals surface area contributed by atoms with E-state index >= 15 is 0 Å². The number of sulfonamides is 1. The Labute approximate surface area is 149 Å². The summed E-state index contributed by atoms with van der Waals surface area (Å²) < 4.78 is 27.4. The molecule has 2 aromatic rings. The van der Waals surface area contributed by atoms with E-state index in [4.69, 9.17) is 0 Å². The lowest BCUT2D eigenvalue weighted by molar-refractivity contribution is 0.180. The van der Waals surface area contributed by atoms with Gasteiger partial charge in [-0.05, 0) is 30.2 Å². The van der Waals surface area contributed by atoms with Gasteiger partial charge in [0.2, 0.25) is 10.0 Å². The zero-order valence-electron chi connectivity index (χ0n) is 14.5. The van der Waals surface area contributed by atoms with Crippen molar-refractivity contribution in [2.75, 3.05) is 19.7 Å².